The number of hydrogen-bond donors (Lipinski definition) is 3. The van der Waals surface area contributed by atoms with E-state index in [2.05, 4.69) is 25.7 Å². The summed E-state index contributed by atoms with van der Waals surface area (Å²) in [6.07, 6.45) is 7.68. The van der Waals surface area contributed by atoms with Crippen molar-refractivity contribution < 1.29 is 8.42 Å². The van der Waals surface area contributed by atoms with Gasteiger partial charge in [-0.15, -0.1) is 5.10 Å². The molecule has 1 aliphatic heterocycles. The van der Waals surface area contributed by atoms with Crippen LogP contribution in [-0.2, 0) is 10.0 Å². The van der Waals surface area contributed by atoms with E-state index < -0.39 is 15.5 Å². The predicted octanol–water partition coefficient (Wildman–Crippen LogP) is -1.45. The number of rotatable bonds is 1. The van der Waals surface area contributed by atoms with Crippen LogP contribution >= 0.6 is 0 Å². The lowest BCUT2D eigenvalue weighted by atomic mass is 10.6. The first-order valence-electron chi connectivity index (χ1n) is 3.87. The lowest BCUT2D eigenvalue weighted by molar-refractivity contribution is 0.574. The van der Waals surface area contributed by atoms with Gasteiger partial charge in [-0.2, -0.15) is 0 Å². The Morgan fingerprint density at radius 3 is 2.47 bits per heavy atom. The van der Waals surface area contributed by atoms with Crippen molar-refractivity contribution >= 4 is 16.2 Å². The third-order valence-electron chi connectivity index (χ3n) is 1.28. The van der Waals surface area contributed by atoms with Gasteiger partial charge in [-0.05, 0) is 6.08 Å². The highest BCUT2D eigenvalue weighted by Crippen LogP contribution is 1.95. The molecule has 0 bridgehead atoms. The van der Waals surface area contributed by atoms with E-state index in [9.17, 15) is 8.42 Å². The highest BCUT2D eigenvalue weighted by molar-refractivity contribution is 7.89. The maximum absolute atomic E-state index is 10.6. The normalized spacial score (nSPS) is 18.9. The molecule has 1 aliphatic rings. The van der Waals surface area contributed by atoms with Crippen molar-refractivity contribution in [3.8, 4) is 0 Å². The number of aromatic nitrogens is 3. The predicted molar refractivity (Wildman–Crippen MR) is 54.0 cm³/mol. The standard InChI is InChI=1S/C4H7N3O2S.C2H3N3/c5-10(8,9)4-6-2-1-3-7-4;1-2-4-5-3-1/h1-4,6H,(H2,5,8,9);1-2H,(H,3,4,5). The minimum absolute atomic E-state index is 1.02. The van der Waals surface area contributed by atoms with Crippen LogP contribution in [0.2, 0.25) is 0 Å². The Hall–Kier alpha value is -1.74. The first kappa shape index (κ1) is 11.3. The van der Waals surface area contributed by atoms with Crippen molar-refractivity contribution in [2.24, 2.45) is 10.1 Å². The molecule has 0 saturated carbocycles. The van der Waals surface area contributed by atoms with Crippen molar-refractivity contribution in [2.45, 2.75) is 5.50 Å². The molecule has 0 fully saturated rings. The van der Waals surface area contributed by atoms with E-state index in [1.54, 1.807) is 18.5 Å². The zero-order valence-corrected chi connectivity index (χ0v) is 8.42. The SMILES string of the molecule is NS(=O)(=O)C1N=CC=CN1.c1c[nH]nn1. The summed E-state index contributed by atoms with van der Waals surface area (Å²) < 4.78 is 21.1. The number of allylic oxidation sites excluding steroid dienone is 1. The second kappa shape index (κ2) is 5.22. The van der Waals surface area contributed by atoms with Crippen molar-refractivity contribution in [3.63, 3.8) is 0 Å². The molecule has 0 aliphatic carbocycles. The molecule has 8 nitrogen and oxygen atoms in total. The van der Waals surface area contributed by atoms with Crippen LogP contribution in [0.15, 0.2) is 29.7 Å². The minimum atomic E-state index is -3.59. The molecule has 1 aromatic rings. The molecule has 1 aromatic heterocycles. The molecule has 4 N–H and O–H groups in total. The quantitative estimate of drug-likeness (QED) is 0.544. The topological polar surface area (TPSA) is 126 Å². The van der Waals surface area contributed by atoms with Crippen molar-refractivity contribution in [1.82, 2.24) is 20.7 Å². The van der Waals surface area contributed by atoms with E-state index >= 15 is 0 Å². The Kier molecular flexibility index (Phi) is 3.94. The Labute approximate surface area is 86.3 Å². The number of aromatic amines is 1. The maximum atomic E-state index is 10.6. The zero-order chi connectivity index (χ0) is 11.1. The Balaban J connectivity index is 0.000000187. The van der Waals surface area contributed by atoms with Gasteiger partial charge in [-0.3, -0.25) is 10.1 Å². The minimum Gasteiger partial charge on any atom is -0.356 e. The van der Waals surface area contributed by atoms with E-state index in [4.69, 9.17) is 5.14 Å². The molecular formula is C6H10N6O2S. The van der Waals surface area contributed by atoms with Crippen molar-refractivity contribution in [2.75, 3.05) is 0 Å². The molecular weight excluding hydrogens is 220 g/mol. The highest BCUT2D eigenvalue weighted by atomic mass is 32.2. The second-order valence-corrected chi connectivity index (χ2v) is 4.05. The van der Waals surface area contributed by atoms with Crippen molar-refractivity contribution in [1.29, 1.82) is 0 Å². The van der Waals surface area contributed by atoms with E-state index in [1.807, 2.05) is 0 Å². The molecule has 15 heavy (non-hydrogen) atoms. The van der Waals surface area contributed by atoms with Gasteiger partial charge in [-0.1, -0.05) is 5.21 Å². The first-order valence-corrected chi connectivity index (χ1v) is 5.48. The fourth-order valence-electron chi connectivity index (χ4n) is 0.698. The van der Waals surface area contributed by atoms with Crippen LogP contribution in [-0.4, -0.2) is 35.5 Å². The smallest absolute Gasteiger partial charge is 0.251 e. The van der Waals surface area contributed by atoms with E-state index in [0.29, 0.717) is 0 Å². The van der Waals surface area contributed by atoms with Gasteiger partial charge in [-0.25, -0.2) is 13.6 Å². The van der Waals surface area contributed by atoms with Gasteiger partial charge in [0, 0.05) is 18.6 Å². The number of aliphatic imine (C=N–C) groups is 1. The van der Waals surface area contributed by atoms with Crippen LogP contribution in [0.5, 0.6) is 0 Å². The van der Waals surface area contributed by atoms with E-state index in [0.717, 1.165) is 0 Å². The lowest BCUT2D eigenvalue weighted by Gasteiger charge is -2.11. The number of sulfonamides is 1. The van der Waals surface area contributed by atoms with Gasteiger partial charge in [0.25, 0.3) is 10.0 Å². The van der Waals surface area contributed by atoms with Gasteiger partial charge in [0.1, 0.15) is 0 Å². The molecule has 0 spiro atoms. The van der Waals surface area contributed by atoms with Crippen LogP contribution in [0.3, 0.4) is 0 Å². The zero-order valence-electron chi connectivity index (χ0n) is 7.61. The average Bonchev–Trinajstić information content (AvgIpc) is 2.76. The summed E-state index contributed by atoms with van der Waals surface area (Å²) in [5.74, 6) is 0. The summed E-state index contributed by atoms with van der Waals surface area (Å²) in [5.41, 5.74) is -1.02. The monoisotopic (exact) mass is 230 g/mol. The summed E-state index contributed by atoms with van der Waals surface area (Å²) >= 11 is 0. The summed E-state index contributed by atoms with van der Waals surface area (Å²) in [6.45, 7) is 0. The Morgan fingerprint density at radius 1 is 1.40 bits per heavy atom. The number of nitrogens with two attached hydrogens (primary N) is 1. The van der Waals surface area contributed by atoms with E-state index in [1.165, 1.54) is 12.4 Å². The molecule has 0 saturated heterocycles. The second-order valence-electron chi connectivity index (χ2n) is 2.43. The number of hydrogen-bond acceptors (Lipinski definition) is 6. The third-order valence-corrected chi connectivity index (χ3v) is 2.17. The largest absolute Gasteiger partial charge is 0.356 e. The molecule has 2 heterocycles. The van der Waals surface area contributed by atoms with Crippen molar-refractivity contribution in [3.05, 3.63) is 24.7 Å². The fourth-order valence-corrected chi connectivity index (χ4v) is 1.21. The molecule has 0 radical (unpaired) electrons. The maximum Gasteiger partial charge on any atom is 0.251 e. The van der Waals surface area contributed by atoms with Crippen LogP contribution in [0.25, 0.3) is 0 Å². The third kappa shape index (κ3) is 4.33. The summed E-state index contributed by atoms with van der Waals surface area (Å²) in [5, 5.41) is 16.5. The molecule has 0 aromatic carbocycles. The molecule has 82 valence electrons. The van der Waals surface area contributed by atoms with Gasteiger partial charge >= 0.3 is 0 Å². The molecule has 0 amide bonds. The van der Waals surface area contributed by atoms with Crippen LogP contribution in [0.4, 0.5) is 0 Å². The van der Waals surface area contributed by atoms with Crippen LogP contribution in [0.1, 0.15) is 0 Å². The number of nitrogens with one attached hydrogen (secondary N) is 2. The summed E-state index contributed by atoms with van der Waals surface area (Å²) in [4.78, 5) is 3.56. The molecule has 9 heteroatoms. The lowest BCUT2D eigenvalue weighted by Crippen LogP contribution is -2.37. The first-order chi connectivity index (χ1) is 7.11. The number of primary sulfonamides is 1. The Bertz CT molecular complexity index is 405. The Morgan fingerprint density at radius 2 is 2.20 bits per heavy atom. The summed E-state index contributed by atoms with van der Waals surface area (Å²) in [6, 6.07) is 0. The number of nitrogens with zero attached hydrogens (tertiary/aromatic N) is 3. The van der Waals surface area contributed by atoms with Gasteiger partial charge in [0.15, 0.2) is 0 Å². The van der Waals surface area contributed by atoms with Crippen LogP contribution in [0, 0.1) is 0 Å². The van der Waals surface area contributed by atoms with E-state index in [-0.39, 0.29) is 0 Å². The molecule has 2 rings (SSSR count). The highest BCUT2D eigenvalue weighted by Gasteiger charge is 2.17. The average molecular weight is 230 g/mol. The summed E-state index contributed by atoms with van der Waals surface area (Å²) in [7, 11) is -3.59. The van der Waals surface area contributed by atoms with Gasteiger partial charge in [0.05, 0.1) is 6.20 Å². The molecule has 1 unspecified atom stereocenters. The molecule has 1 atom stereocenters. The van der Waals surface area contributed by atoms with Gasteiger partial charge in [0.2, 0.25) is 5.50 Å². The van der Waals surface area contributed by atoms with Gasteiger partial charge < -0.3 is 5.32 Å². The number of H-pyrrole nitrogens is 1. The van der Waals surface area contributed by atoms with Crippen LogP contribution < -0.4 is 10.5 Å². The fraction of sp³-hybridized carbons (Fsp3) is 0.167.